The van der Waals surface area contributed by atoms with Gasteiger partial charge >= 0.3 is 0 Å². The second-order valence-electron chi connectivity index (χ2n) is 6.85. The number of aliphatic hydroxyl groups is 1. The highest BCUT2D eigenvalue weighted by molar-refractivity contribution is 5.54. The lowest BCUT2D eigenvalue weighted by atomic mass is 10.0. The van der Waals surface area contributed by atoms with Gasteiger partial charge in [-0.1, -0.05) is 31.5 Å². The Labute approximate surface area is 141 Å². The molecule has 1 unspecified atom stereocenters. The monoisotopic (exact) mass is 319 g/mol. The van der Waals surface area contributed by atoms with Gasteiger partial charge in [0.25, 0.3) is 0 Å². The van der Waals surface area contributed by atoms with Crippen molar-refractivity contribution in [3.05, 3.63) is 29.8 Å². The fourth-order valence-corrected chi connectivity index (χ4v) is 3.39. The maximum atomic E-state index is 9.86. The van der Waals surface area contributed by atoms with Crippen molar-refractivity contribution >= 4 is 5.69 Å². The smallest absolute Gasteiger partial charge is 0.0664 e. The van der Waals surface area contributed by atoms with Crippen LogP contribution in [0, 0.1) is 0 Å². The van der Waals surface area contributed by atoms with Crippen LogP contribution in [0.4, 0.5) is 5.69 Å². The number of likely N-dealkylation sites (tertiary alicyclic amines) is 1. The second-order valence-corrected chi connectivity index (χ2v) is 6.85. The van der Waals surface area contributed by atoms with Gasteiger partial charge in [-0.2, -0.15) is 0 Å². The zero-order valence-corrected chi connectivity index (χ0v) is 15.0. The van der Waals surface area contributed by atoms with Gasteiger partial charge in [0.2, 0.25) is 0 Å². The van der Waals surface area contributed by atoms with E-state index in [1.807, 2.05) is 0 Å². The lowest BCUT2D eigenvalue weighted by Gasteiger charge is -2.37. The lowest BCUT2D eigenvalue weighted by molar-refractivity contribution is 0.160. The molecule has 1 aromatic rings. The van der Waals surface area contributed by atoms with E-state index in [0.29, 0.717) is 12.6 Å². The first-order chi connectivity index (χ1) is 11.1. The molecule has 1 saturated heterocycles. The highest BCUT2D eigenvalue weighted by Gasteiger charge is 2.22. The fourth-order valence-electron chi connectivity index (χ4n) is 3.39. The van der Waals surface area contributed by atoms with Crippen molar-refractivity contribution in [3.63, 3.8) is 0 Å². The minimum absolute atomic E-state index is 0.237. The Morgan fingerprint density at radius 1 is 1.30 bits per heavy atom. The Morgan fingerprint density at radius 2 is 2.00 bits per heavy atom. The number of nitrogens with zero attached hydrogens (tertiary/aromatic N) is 2. The zero-order chi connectivity index (χ0) is 16.7. The molecule has 0 amide bonds. The molecule has 0 spiro atoms. The average molecular weight is 319 g/mol. The van der Waals surface area contributed by atoms with E-state index >= 15 is 0 Å². The van der Waals surface area contributed by atoms with Gasteiger partial charge in [0.1, 0.15) is 0 Å². The summed E-state index contributed by atoms with van der Waals surface area (Å²) in [4.78, 5) is 4.86. The zero-order valence-electron chi connectivity index (χ0n) is 15.0. The number of benzene rings is 1. The quantitative estimate of drug-likeness (QED) is 0.772. The van der Waals surface area contributed by atoms with Crippen molar-refractivity contribution in [2.75, 3.05) is 38.6 Å². The summed E-state index contributed by atoms with van der Waals surface area (Å²) in [5.74, 6) is 0. The molecule has 0 saturated carbocycles. The van der Waals surface area contributed by atoms with Crippen LogP contribution in [0.5, 0.6) is 0 Å². The van der Waals surface area contributed by atoms with Gasteiger partial charge < -0.3 is 20.2 Å². The van der Waals surface area contributed by atoms with E-state index in [2.05, 4.69) is 60.4 Å². The van der Waals surface area contributed by atoms with Gasteiger partial charge in [-0.3, -0.25) is 0 Å². The third kappa shape index (κ3) is 5.48. The van der Waals surface area contributed by atoms with Crippen molar-refractivity contribution in [1.82, 2.24) is 10.2 Å². The van der Waals surface area contributed by atoms with E-state index in [4.69, 9.17) is 0 Å². The molecule has 1 heterocycles. The van der Waals surface area contributed by atoms with Crippen LogP contribution in [0.25, 0.3) is 0 Å². The van der Waals surface area contributed by atoms with Gasteiger partial charge in [0, 0.05) is 31.9 Å². The highest BCUT2D eigenvalue weighted by atomic mass is 16.3. The molecule has 1 aromatic carbocycles. The highest BCUT2D eigenvalue weighted by Crippen LogP contribution is 2.25. The van der Waals surface area contributed by atoms with Crippen LogP contribution in [0.1, 0.15) is 38.2 Å². The Morgan fingerprint density at radius 3 is 2.70 bits per heavy atom. The van der Waals surface area contributed by atoms with E-state index in [-0.39, 0.29) is 6.10 Å². The normalized spacial score (nSPS) is 18.1. The summed E-state index contributed by atoms with van der Waals surface area (Å²) < 4.78 is 0. The largest absolute Gasteiger partial charge is 0.392 e. The number of aliphatic hydroxyl groups excluding tert-OH is 1. The van der Waals surface area contributed by atoms with Gasteiger partial charge in [-0.25, -0.2) is 0 Å². The van der Waals surface area contributed by atoms with E-state index in [1.165, 1.54) is 37.2 Å². The van der Waals surface area contributed by atoms with Gasteiger partial charge in [0.05, 0.1) is 6.10 Å². The molecule has 1 fully saturated rings. The molecular formula is C19H33N3O. The molecule has 130 valence electrons. The third-order valence-corrected chi connectivity index (χ3v) is 4.92. The van der Waals surface area contributed by atoms with Crippen LogP contribution in [-0.4, -0.2) is 55.9 Å². The van der Waals surface area contributed by atoms with Crippen molar-refractivity contribution in [3.8, 4) is 0 Å². The summed E-state index contributed by atoms with van der Waals surface area (Å²) in [6.45, 7) is 5.94. The molecule has 4 heteroatoms. The first-order valence-electron chi connectivity index (χ1n) is 8.99. The Balaban J connectivity index is 1.94. The van der Waals surface area contributed by atoms with Crippen molar-refractivity contribution in [2.24, 2.45) is 0 Å². The van der Waals surface area contributed by atoms with Crippen molar-refractivity contribution in [2.45, 2.75) is 51.3 Å². The topological polar surface area (TPSA) is 38.7 Å². The maximum Gasteiger partial charge on any atom is 0.0664 e. The van der Waals surface area contributed by atoms with Crippen LogP contribution < -0.4 is 10.2 Å². The summed E-state index contributed by atoms with van der Waals surface area (Å²) in [6, 6.07) is 9.26. The van der Waals surface area contributed by atoms with E-state index in [0.717, 1.165) is 19.4 Å². The molecule has 0 radical (unpaired) electrons. The lowest BCUT2D eigenvalue weighted by Crippen LogP contribution is -2.42. The summed E-state index contributed by atoms with van der Waals surface area (Å²) in [7, 11) is 4.43. The Kier molecular flexibility index (Phi) is 7.34. The van der Waals surface area contributed by atoms with Crippen molar-refractivity contribution < 1.29 is 5.11 Å². The minimum atomic E-state index is -0.237. The number of hydrogen-bond acceptors (Lipinski definition) is 4. The molecule has 0 bridgehead atoms. The molecule has 1 aliphatic rings. The standard InChI is InChI=1S/C19H33N3O/c1-4-7-18(23)15-20-14-16-8-5-6-9-19(16)22(3)17-10-12-21(2)13-11-17/h5-6,8-9,17-18,20,23H,4,7,10-15H2,1-3H3. The summed E-state index contributed by atoms with van der Waals surface area (Å²) in [5.41, 5.74) is 2.64. The Hall–Kier alpha value is -1.10. The van der Waals surface area contributed by atoms with Crippen LogP contribution in [0.3, 0.4) is 0 Å². The predicted octanol–water partition coefficient (Wildman–Crippen LogP) is 2.47. The van der Waals surface area contributed by atoms with Crippen LogP contribution in [-0.2, 0) is 6.54 Å². The molecule has 0 aliphatic carbocycles. The predicted molar refractivity (Wildman–Crippen MR) is 98.0 cm³/mol. The van der Waals surface area contributed by atoms with Gasteiger partial charge in [0.15, 0.2) is 0 Å². The first-order valence-corrected chi connectivity index (χ1v) is 8.99. The van der Waals surface area contributed by atoms with E-state index in [1.54, 1.807) is 0 Å². The Bertz CT molecular complexity index is 458. The molecule has 4 nitrogen and oxygen atoms in total. The van der Waals surface area contributed by atoms with Gasteiger partial charge in [-0.05, 0) is 51.0 Å². The molecule has 1 atom stereocenters. The molecular weight excluding hydrogens is 286 g/mol. The molecule has 1 aliphatic heterocycles. The van der Waals surface area contributed by atoms with Crippen molar-refractivity contribution in [1.29, 1.82) is 0 Å². The minimum Gasteiger partial charge on any atom is -0.392 e. The maximum absolute atomic E-state index is 9.86. The number of rotatable bonds is 8. The van der Waals surface area contributed by atoms with Crippen LogP contribution >= 0.6 is 0 Å². The SMILES string of the molecule is CCCC(O)CNCc1ccccc1N(C)C1CCN(C)CC1. The molecule has 0 aromatic heterocycles. The first kappa shape index (κ1) is 18.2. The number of nitrogens with one attached hydrogen (secondary N) is 1. The summed E-state index contributed by atoms with van der Waals surface area (Å²) in [5, 5.41) is 13.3. The second kappa shape index (κ2) is 9.26. The molecule has 2 rings (SSSR count). The van der Waals surface area contributed by atoms with Gasteiger partial charge in [-0.15, -0.1) is 0 Å². The van der Waals surface area contributed by atoms with Crippen LogP contribution in [0.2, 0.25) is 0 Å². The number of para-hydroxylation sites is 1. The molecule has 2 N–H and O–H groups in total. The van der Waals surface area contributed by atoms with E-state index in [9.17, 15) is 5.11 Å². The number of hydrogen-bond donors (Lipinski definition) is 2. The summed E-state index contributed by atoms with van der Waals surface area (Å²) >= 11 is 0. The number of anilines is 1. The molecule has 23 heavy (non-hydrogen) atoms. The van der Waals surface area contributed by atoms with Crippen LogP contribution in [0.15, 0.2) is 24.3 Å². The van der Waals surface area contributed by atoms with E-state index < -0.39 is 0 Å². The fraction of sp³-hybridized carbons (Fsp3) is 0.684. The number of piperidine rings is 1. The average Bonchev–Trinajstić information content (AvgIpc) is 2.56. The third-order valence-electron chi connectivity index (χ3n) is 4.92. The summed E-state index contributed by atoms with van der Waals surface area (Å²) in [6.07, 6.45) is 4.11.